The Morgan fingerprint density at radius 2 is 2.55 bits per heavy atom. The molecule has 0 saturated heterocycles. The van der Waals surface area contributed by atoms with E-state index in [9.17, 15) is 4.79 Å². The molecular formula is C7H9NO2S. The Morgan fingerprint density at radius 1 is 1.73 bits per heavy atom. The van der Waals surface area contributed by atoms with Crippen molar-refractivity contribution in [3.8, 4) is 5.75 Å². The zero-order chi connectivity index (χ0) is 8.10. The van der Waals surface area contributed by atoms with Crippen LogP contribution in [0, 0.1) is 0 Å². The minimum Gasteiger partial charge on any atom is -0.491 e. The lowest BCUT2D eigenvalue weighted by molar-refractivity contribution is -0.105. The average molecular weight is 171 g/mol. The first kappa shape index (κ1) is 8.07. The molecule has 4 heteroatoms. The van der Waals surface area contributed by atoms with Crippen LogP contribution in [-0.2, 0) is 4.79 Å². The van der Waals surface area contributed by atoms with Crippen LogP contribution in [-0.4, -0.2) is 13.0 Å². The lowest BCUT2D eigenvalue weighted by atomic mass is 10.5. The molecule has 1 rings (SSSR count). The SMILES string of the molecule is CCOc1cscc1NC=O. The lowest BCUT2D eigenvalue weighted by Gasteiger charge is -2.01. The van der Waals surface area contributed by atoms with Crippen molar-refractivity contribution in [2.45, 2.75) is 6.92 Å². The maximum atomic E-state index is 10.1. The quantitative estimate of drug-likeness (QED) is 0.700. The molecule has 1 aromatic rings. The zero-order valence-electron chi connectivity index (χ0n) is 6.16. The molecule has 3 nitrogen and oxygen atoms in total. The number of hydrogen-bond acceptors (Lipinski definition) is 3. The third-order valence-electron chi connectivity index (χ3n) is 1.14. The van der Waals surface area contributed by atoms with Crippen molar-refractivity contribution in [3.05, 3.63) is 10.8 Å². The van der Waals surface area contributed by atoms with Gasteiger partial charge in [-0.3, -0.25) is 4.79 Å². The number of rotatable bonds is 4. The summed E-state index contributed by atoms with van der Waals surface area (Å²) in [5.74, 6) is 0.740. The van der Waals surface area contributed by atoms with Gasteiger partial charge in [0, 0.05) is 10.8 Å². The highest BCUT2D eigenvalue weighted by Crippen LogP contribution is 2.28. The number of carbonyl (C=O) groups is 1. The normalized spacial score (nSPS) is 9.18. The standard InChI is InChI=1S/C7H9NO2S/c1-2-10-7-4-11-3-6(7)8-5-9/h3-5H,2H2,1H3,(H,8,9). The van der Waals surface area contributed by atoms with E-state index >= 15 is 0 Å². The number of thiophene rings is 1. The monoisotopic (exact) mass is 171 g/mol. The summed E-state index contributed by atoms with van der Waals surface area (Å²) in [5.41, 5.74) is 0.742. The molecule has 0 atom stereocenters. The van der Waals surface area contributed by atoms with Crippen LogP contribution in [0.1, 0.15) is 6.92 Å². The average Bonchev–Trinajstić information content (AvgIpc) is 2.39. The van der Waals surface area contributed by atoms with Crippen LogP contribution in [0.4, 0.5) is 5.69 Å². The molecule has 0 aromatic carbocycles. The van der Waals surface area contributed by atoms with Gasteiger partial charge in [0.05, 0.1) is 12.3 Å². The second kappa shape index (κ2) is 3.98. The van der Waals surface area contributed by atoms with E-state index in [1.54, 1.807) is 0 Å². The molecule has 0 spiro atoms. The van der Waals surface area contributed by atoms with E-state index in [-0.39, 0.29) is 0 Å². The van der Waals surface area contributed by atoms with Crippen molar-refractivity contribution >= 4 is 23.4 Å². The Kier molecular flexibility index (Phi) is 2.92. The van der Waals surface area contributed by atoms with Gasteiger partial charge in [0.15, 0.2) is 5.75 Å². The van der Waals surface area contributed by atoms with E-state index in [4.69, 9.17) is 4.74 Å². The summed E-state index contributed by atoms with van der Waals surface area (Å²) in [6, 6.07) is 0. The Hall–Kier alpha value is -1.03. The molecule has 0 radical (unpaired) electrons. The first-order valence-corrected chi connectivity index (χ1v) is 4.22. The lowest BCUT2D eigenvalue weighted by Crippen LogP contribution is -1.96. The number of hydrogen-bond donors (Lipinski definition) is 1. The minimum atomic E-state index is 0.615. The van der Waals surface area contributed by atoms with E-state index in [1.165, 1.54) is 11.3 Å². The van der Waals surface area contributed by atoms with Gasteiger partial charge in [0.1, 0.15) is 0 Å². The van der Waals surface area contributed by atoms with Crippen LogP contribution in [0.3, 0.4) is 0 Å². The summed E-state index contributed by atoms with van der Waals surface area (Å²) in [4.78, 5) is 10.1. The second-order valence-corrected chi connectivity index (χ2v) is 2.59. The van der Waals surface area contributed by atoms with E-state index in [0.717, 1.165) is 11.4 Å². The molecule has 0 unspecified atom stereocenters. The Morgan fingerprint density at radius 3 is 3.18 bits per heavy atom. The third-order valence-corrected chi connectivity index (χ3v) is 1.86. The van der Waals surface area contributed by atoms with Crippen LogP contribution >= 0.6 is 11.3 Å². The Balaban J connectivity index is 2.69. The molecule has 60 valence electrons. The highest BCUT2D eigenvalue weighted by molar-refractivity contribution is 7.08. The summed E-state index contributed by atoms with van der Waals surface area (Å²) in [6.45, 7) is 2.52. The molecule has 1 N–H and O–H groups in total. The maximum absolute atomic E-state index is 10.1. The summed E-state index contributed by atoms with van der Waals surface area (Å²) < 4.78 is 5.22. The Labute approximate surface area is 69.0 Å². The summed E-state index contributed by atoms with van der Waals surface area (Å²) in [7, 11) is 0. The van der Waals surface area contributed by atoms with Gasteiger partial charge in [-0.2, -0.15) is 0 Å². The van der Waals surface area contributed by atoms with Gasteiger partial charge in [0.25, 0.3) is 0 Å². The highest BCUT2D eigenvalue weighted by Gasteiger charge is 2.01. The predicted molar refractivity (Wildman–Crippen MR) is 45.2 cm³/mol. The molecule has 0 fully saturated rings. The van der Waals surface area contributed by atoms with Crippen molar-refractivity contribution in [3.63, 3.8) is 0 Å². The molecule has 1 aromatic heterocycles. The van der Waals surface area contributed by atoms with Crippen molar-refractivity contribution in [2.75, 3.05) is 11.9 Å². The summed E-state index contributed by atoms with van der Waals surface area (Å²) in [5, 5.41) is 6.24. The molecule has 0 aliphatic heterocycles. The van der Waals surface area contributed by atoms with E-state index in [0.29, 0.717) is 13.0 Å². The van der Waals surface area contributed by atoms with Crippen LogP contribution in [0.15, 0.2) is 10.8 Å². The molecule has 1 amide bonds. The van der Waals surface area contributed by atoms with Crippen LogP contribution in [0.5, 0.6) is 5.75 Å². The molecule has 0 saturated carbocycles. The number of ether oxygens (including phenoxy) is 1. The van der Waals surface area contributed by atoms with Gasteiger partial charge >= 0.3 is 0 Å². The maximum Gasteiger partial charge on any atom is 0.211 e. The van der Waals surface area contributed by atoms with E-state index in [2.05, 4.69) is 5.32 Å². The second-order valence-electron chi connectivity index (χ2n) is 1.84. The predicted octanol–water partition coefficient (Wildman–Crippen LogP) is 1.72. The summed E-state index contributed by atoms with van der Waals surface area (Å²) in [6.07, 6.45) is 0.643. The minimum absolute atomic E-state index is 0.615. The zero-order valence-corrected chi connectivity index (χ0v) is 6.98. The molecule has 0 aliphatic carbocycles. The topological polar surface area (TPSA) is 38.3 Å². The van der Waals surface area contributed by atoms with Gasteiger partial charge in [-0.05, 0) is 6.92 Å². The van der Waals surface area contributed by atoms with Crippen LogP contribution in [0.25, 0.3) is 0 Å². The van der Waals surface area contributed by atoms with Crippen molar-refractivity contribution in [2.24, 2.45) is 0 Å². The Bertz CT molecular complexity index is 234. The molecule has 1 heterocycles. The van der Waals surface area contributed by atoms with Crippen molar-refractivity contribution in [1.82, 2.24) is 0 Å². The van der Waals surface area contributed by atoms with Crippen LogP contribution in [0.2, 0.25) is 0 Å². The number of carbonyl (C=O) groups excluding carboxylic acids is 1. The van der Waals surface area contributed by atoms with Gasteiger partial charge in [0.2, 0.25) is 6.41 Å². The smallest absolute Gasteiger partial charge is 0.211 e. The van der Waals surface area contributed by atoms with Crippen LogP contribution < -0.4 is 10.1 Å². The van der Waals surface area contributed by atoms with Gasteiger partial charge in [-0.25, -0.2) is 0 Å². The highest BCUT2D eigenvalue weighted by atomic mass is 32.1. The molecule has 11 heavy (non-hydrogen) atoms. The van der Waals surface area contributed by atoms with Gasteiger partial charge < -0.3 is 10.1 Å². The number of nitrogens with one attached hydrogen (secondary N) is 1. The first-order chi connectivity index (χ1) is 5.38. The fraction of sp³-hybridized carbons (Fsp3) is 0.286. The number of anilines is 1. The number of amides is 1. The molecular weight excluding hydrogens is 162 g/mol. The van der Waals surface area contributed by atoms with Crippen molar-refractivity contribution in [1.29, 1.82) is 0 Å². The first-order valence-electron chi connectivity index (χ1n) is 3.27. The largest absolute Gasteiger partial charge is 0.491 e. The van der Waals surface area contributed by atoms with Crippen molar-refractivity contribution < 1.29 is 9.53 Å². The molecule has 0 bridgehead atoms. The van der Waals surface area contributed by atoms with Gasteiger partial charge in [-0.1, -0.05) is 0 Å². The van der Waals surface area contributed by atoms with Gasteiger partial charge in [-0.15, -0.1) is 11.3 Å². The summed E-state index contributed by atoms with van der Waals surface area (Å²) >= 11 is 1.50. The fourth-order valence-electron chi connectivity index (χ4n) is 0.721. The molecule has 0 aliphatic rings. The van der Waals surface area contributed by atoms with E-state index < -0.39 is 0 Å². The van der Waals surface area contributed by atoms with E-state index in [1.807, 2.05) is 17.7 Å². The third kappa shape index (κ3) is 1.94. The fourth-order valence-corrected chi connectivity index (χ4v) is 1.43.